The molecule has 0 aromatic heterocycles. The lowest BCUT2D eigenvalue weighted by molar-refractivity contribution is 0.0611. The van der Waals surface area contributed by atoms with Gasteiger partial charge in [0, 0.05) is 12.1 Å². The number of aliphatic hydroxyl groups is 1. The van der Waals surface area contributed by atoms with E-state index >= 15 is 0 Å². The molecule has 0 aliphatic carbocycles. The van der Waals surface area contributed by atoms with Gasteiger partial charge in [-0.1, -0.05) is 24.3 Å². The van der Waals surface area contributed by atoms with Gasteiger partial charge in [-0.15, -0.1) is 0 Å². The minimum Gasteiger partial charge on any atom is -0.390 e. The molecule has 0 bridgehead atoms. The minimum atomic E-state index is -0.727. The molecule has 4 heteroatoms. The standard InChI is InChI=1S/C23H28FNO2/c1-23(2,27)13-12-17-7-5-9-19(15-17)22(26)25-14-4-3-11-21(25)18-8-6-10-20(24)16-18/h5-10,15-16,21,27H,3-4,11-14H2,1-2H3/t21-/m0/s1. The molecule has 1 saturated heterocycles. The molecule has 0 spiro atoms. The molecule has 27 heavy (non-hydrogen) atoms. The largest absolute Gasteiger partial charge is 0.390 e. The zero-order valence-corrected chi connectivity index (χ0v) is 16.1. The van der Waals surface area contributed by atoms with E-state index in [9.17, 15) is 14.3 Å². The lowest BCUT2D eigenvalue weighted by atomic mass is 9.93. The molecule has 0 radical (unpaired) electrons. The maximum absolute atomic E-state index is 13.7. The average molecular weight is 369 g/mol. The van der Waals surface area contributed by atoms with Gasteiger partial charge in [-0.25, -0.2) is 4.39 Å². The molecular weight excluding hydrogens is 341 g/mol. The Balaban J connectivity index is 1.80. The van der Waals surface area contributed by atoms with Crippen molar-refractivity contribution >= 4 is 5.91 Å². The van der Waals surface area contributed by atoms with Crippen LogP contribution in [0.4, 0.5) is 4.39 Å². The van der Waals surface area contributed by atoms with Crippen LogP contribution in [0.25, 0.3) is 0 Å². The number of hydrogen-bond donors (Lipinski definition) is 1. The molecule has 1 heterocycles. The number of carbonyl (C=O) groups is 1. The highest BCUT2D eigenvalue weighted by atomic mass is 19.1. The fraction of sp³-hybridized carbons (Fsp3) is 0.435. The Labute approximate surface area is 160 Å². The second-order valence-corrected chi connectivity index (χ2v) is 8.08. The van der Waals surface area contributed by atoms with Crippen LogP contribution in [-0.4, -0.2) is 28.1 Å². The third-order valence-electron chi connectivity index (χ3n) is 5.20. The fourth-order valence-corrected chi connectivity index (χ4v) is 3.71. The van der Waals surface area contributed by atoms with Gasteiger partial charge in [0.2, 0.25) is 0 Å². The molecule has 1 atom stereocenters. The van der Waals surface area contributed by atoms with E-state index in [1.807, 2.05) is 35.2 Å². The number of hydrogen-bond acceptors (Lipinski definition) is 2. The molecule has 0 saturated carbocycles. The summed E-state index contributed by atoms with van der Waals surface area (Å²) in [5.74, 6) is -0.270. The highest BCUT2D eigenvalue weighted by Crippen LogP contribution is 2.32. The number of likely N-dealkylation sites (tertiary alicyclic amines) is 1. The first kappa shape index (κ1) is 19.6. The normalized spacial score (nSPS) is 17.8. The van der Waals surface area contributed by atoms with Crippen molar-refractivity contribution in [3.63, 3.8) is 0 Å². The van der Waals surface area contributed by atoms with Crippen LogP contribution in [0.1, 0.15) is 67.1 Å². The number of carbonyl (C=O) groups excluding carboxylic acids is 1. The quantitative estimate of drug-likeness (QED) is 0.815. The van der Waals surface area contributed by atoms with Gasteiger partial charge in [0.05, 0.1) is 11.6 Å². The minimum absolute atomic E-state index is 0.00549. The summed E-state index contributed by atoms with van der Waals surface area (Å²) in [5, 5.41) is 9.94. The van der Waals surface area contributed by atoms with E-state index < -0.39 is 5.60 Å². The van der Waals surface area contributed by atoms with Crippen molar-refractivity contribution in [3.8, 4) is 0 Å². The molecule has 0 unspecified atom stereocenters. The summed E-state index contributed by atoms with van der Waals surface area (Å²) in [6.45, 7) is 4.27. The molecule has 3 rings (SSSR count). The summed E-state index contributed by atoms with van der Waals surface area (Å²) in [5.41, 5.74) is 1.84. The topological polar surface area (TPSA) is 40.5 Å². The van der Waals surface area contributed by atoms with Gasteiger partial charge in [0.15, 0.2) is 0 Å². The highest BCUT2D eigenvalue weighted by molar-refractivity contribution is 5.94. The number of benzene rings is 2. The number of nitrogens with zero attached hydrogens (tertiary/aromatic N) is 1. The van der Waals surface area contributed by atoms with Gasteiger partial charge in [-0.05, 0) is 81.3 Å². The predicted octanol–water partition coefficient (Wildman–Crippen LogP) is 4.90. The second kappa shape index (κ2) is 8.22. The Kier molecular flexibility index (Phi) is 5.95. The average Bonchev–Trinajstić information content (AvgIpc) is 2.65. The number of piperidine rings is 1. The fourth-order valence-electron chi connectivity index (χ4n) is 3.71. The Morgan fingerprint density at radius 3 is 2.70 bits per heavy atom. The molecule has 144 valence electrons. The molecule has 1 N–H and O–H groups in total. The van der Waals surface area contributed by atoms with Crippen LogP contribution in [0, 0.1) is 5.82 Å². The van der Waals surface area contributed by atoms with E-state index in [1.165, 1.54) is 12.1 Å². The summed E-state index contributed by atoms with van der Waals surface area (Å²) in [6, 6.07) is 14.1. The van der Waals surface area contributed by atoms with Gasteiger partial charge in [-0.2, -0.15) is 0 Å². The van der Waals surface area contributed by atoms with Crippen LogP contribution < -0.4 is 0 Å². The Bertz CT molecular complexity index is 797. The molecule has 1 aliphatic heterocycles. The first-order chi connectivity index (χ1) is 12.8. The number of rotatable bonds is 5. The Morgan fingerprint density at radius 2 is 1.96 bits per heavy atom. The van der Waals surface area contributed by atoms with Crippen molar-refractivity contribution in [2.45, 2.75) is 57.6 Å². The van der Waals surface area contributed by atoms with Gasteiger partial charge in [-0.3, -0.25) is 4.79 Å². The maximum Gasteiger partial charge on any atom is 0.254 e. The first-order valence-corrected chi connectivity index (χ1v) is 9.71. The summed E-state index contributed by atoms with van der Waals surface area (Å²) in [6.07, 6.45) is 4.22. The van der Waals surface area contributed by atoms with Crippen molar-refractivity contribution < 1.29 is 14.3 Å². The van der Waals surface area contributed by atoms with E-state index in [-0.39, 0.29) is 17.8 Å². The lowest BCUT2D eigenvalue weighted by Crippen LogP contribution is -2.38. The third kappa shape index (κ3) is 5.16. The summed E-state index contributed by atoms with van der Waals surface area (Å²) in [4.78, 5) is 15.1. The molecule has 2 aromatic rings. The van der Waals surface area contributed by atoms with E-state index in [0.29, 0.717) is 18.5 Å². The summed E-state index contributed by atoms with van der Waals surface area (Å²) >= 11 is 0. The van der Waals surface area contributed by atoms with E-state index in [4.69, 9.17) is 0 Å². The maximum atomic E-state index is 13.7. The summed E-state index contributed by atoms with van der Waals surface area (Å²) in [7, 11) is 0. The Hall–Kier alpha value is -2.20. The third-order valence-corrected chi connectivity index (χ3v) is 5.20. The van der Waals surface area contributed by atoms with Gasteiger partial charge >= 0.3 is 0 Å². The smallest absolute Gasteiger partial charge is 0.254 e. The van der Waals surface area contributed by atoms with Crippen LogP contribution in [0.15, 0.2) is 48.5 Å². The van der Waals surface area contributed by atoms with E-state index in [2.05, 4.69) is 0 Å². The van der Waals surface area contributed by atoms with Gasteiger partial charge < -0.3 is 10.0 Å². The van der Waals surface area contributed by atoms with Crippen molar-refractivity contribution in [1.82, 2.24) is 4.90 Å². The molecule has 1 aliphatic rings. The molecule has 3 nitrogen and oxygen atoms in total. The second-order valence-electron chi connectivity index (χ2n) is 8.08. The van der Waals surface area contributed by atoms with Gasteiger partial charge in [0.25, 0.3) is 5.91 Å². The SMILES string of the molecule is CC(C)(O)CCc1cccc(C(=O)N2CCCC[C@H]2c2cccc(F)c2)c1. The number of halogens is 1. The van der Waals surface area contributed by atoms with Crippen molar-refractivity contribution in [1.29, 1.82) is 0 Å². The highest BCUT2D eigenvalue weighted by Gasteiger charge is 2.29. The molecule has 1 amide bonds. The van der Waals surface area contributed by atoms with Gasteiger partial charge in [0.1, 0.15) is 5.82 Å². The Morgan fingerprint density at radius 1 is 1.19 bits per heavy atom. The number of aryl methyl sites for hydroxylation is 1. The summed E-state index contributed by atoms with van der Waals surface area (Å²) < 4.78 is 13.7. The van der Waals surface area contributed by atoms with Crippen LogP contribution in [0.5, 0.6) is 0 Å². The van der Waals surface area contributed by atoms with Crippen molar-refractivity contribution in [2.24, 2.45) is 0 Å². The lowest BCUT2D eigenvalue weighted by Gasteiger charge is -2.36. The number of amides is 1. The van der Waals surface area contributed by atoms with Crippen molar-refractivity contribution in [3.05, 3.63) is 71.0 Å². The molecule has 1 fully saturated rings. The van der Waals surface area contributed by atoms with E-state index in [0.717, 1.165) is 36.8 Å². The van der Waals surface area contributed by atoms with Crippen LogP contribution in [0.3, 0.4) is 0 Å². The van der Waals surface area contributed by atoms with E-state index in [1.54, 1.807) is 19.9 Å². The van der Waals surface area contributed by atoms with Crippen LogP contribution >= 0.6 is 0 Å². The van der Waals surface area contributed by atoms with Crippen molar-refractivity contribution in [2.75, 3.05) is 6.54 Å². The zero-order chi connectivity index (χ0) is 19.4. The predicted molar refractivity (Wildman–Crippen MR) is 105 cm³/mol. The van der Waals surface area contributed by atoms with Crippen LogP contribution in [0.2, 0.25) is 0 Å². The zero-order valence-electron chi connectivity index (χ0n) is 16.1. The first-order valence-electron chi connectivity index (χ1n) is 9.71. The van der Waals surface area contributed by atoms with Crippen LogP contribution in [-0.2, 0) is 6.42 Å². The molecule has 2 aromatic carbocycles. The molecular formula is C23H28FNO2. The monoisotopic (exact) mass is 369 g/mol.